The molecule has 0 radical (unpaired) electrons. The SMILES string of the molecule is Cc1ccc(-c2nc(C)sc2CC(=O)NCC(c2cccc(F)c2)N(C)C)cc1. The first kappa shape index (κ1) is 21.1. The summed E-state index contributed by atoms with van der Waals surface area (Å²) >= 11 is 1.55. The van der Waals surface area contributed by atoms with Crippen molar-refractivity contribution in [2.75, 3.05) is 20.6 Å². The highest BCUT2D eigenvalue weighted by molar-refractivity contribution is 7.12. The van der Waals surface area contributed by atoms with Gasteiger partial charge in [-0.15, -0.1) is 11.3 Å². The molecular formula is C23H26FN3OS. The molecule has 29 heavy (non-hydrogen) atoms. The number of aryl methyl sites for hydroxylation is 2. The molecule has 0 bridgehead atoms. The molecule has 0 saturated heterocycles. The molecule has 0 aliphatic carbocycles. The average Bonchev–Trinajstić information content (AvgIpc) is 3.02. The number of halogens is 1. The number of carbonyl (C=O) groups is 1. The Morgan fingerprint density at radius 2 is 1.90 bits per heavy atom. The third kappa shape index (κ3) is 5.49. The zero-order valence-corrected chi connectivity index (χ0v) is 18.0. The van der Waals surface area contributed by atoms with Crippen molar-refractivity contribution in [1.29, 1.82) is 0 Å². The highest BCUT2D eigenvalue weighted by Crippen LogP contribution is 2.29. The summed E-state index contributed by atoms with van der Waals surface area (Å²) in [6, 6.07) is 14.6. The molecule has 1 amide bonds. The quantitative estimate of drug-likeness (QED) is 0.621. The van der Waals surface area contributed by atoms with Gasteiger partial charge in [0.2, 0.25) is 5.91 Å². The highest BCUT2D eigenvalue weighted by Gasteiger charge is 2.18. The van der Waals surface area contributed by atoms with Gasteiger partial charge in [0.25, 0.3) is 0 Å². The highest BCUT2D eigenvalue weighted by atomic mass is 32.1. The van der Waals surface area contributed by atoms with Crippen molar-refractivity contribution < 1.29 is 9.18 Å². The van der Waals surface area contributed by atoms with Crippen LogP contribution in [-0.2, 0) is 11.2 Å². The van der Waals surface area contributed by atoms with Crippen molar-refractivity contribution in [2.45, 2.75) is 26.3 Å². The van der Waals surface area contributed by atoms with Crippen molar-refractivity contribution in [3.05, 3.63) is 75.4 Å². The van der Waals surface area contributed by atoms with Crippen LogP contribution >= 0.6 is 11.3 Å². The lowest BCUT2D eigenvalue weighted by Gasteiger charge is -2.25. The first-order chi connectivity index (χ1) is 13.8. The fraction of sp³-hybridized carbons (Fsp3) is 0.304. The second kappa shape index (κ2) is 9.29. The topological polar surface area (TPSA) is 45.2 Å². The molecule has 4 nitrogen and oxygen atoms in total. The predicted octanol–water partition coefficient (Wildman–Crippen LogP) is 4.53. The number of rotatable bonds is 7. The Hall–Kier alpha value is -2.57. The van der Waals surface area contributed by atoms with Crippen LogP contribution in [-0.4, -0.2) is 36.4 Å². The van der Waals surface area contributed by atoms with Crippen molar-refractivity contribution in [1.82, 2.24) is 15.2 Å². The minimum Gasteiger partial charge on any atom is -0.354 e. The summed E-state index contributed by atoms with van der Waals surface area (Å²) in [5, 5.41) is 3.94. The summed E-state index contributed by atoms with van der Waals surface area (Å²) in [6.45, 7) is 4.41. The van der Waals surface area contributed by atoms with Gasteiger partial charge in [0.1, 0.15) is 5.82 Å². The second-order valence-electron chi connectivity index (χ2n) is 7.39. The van der Waals surface area contributed by atoms with Gasteiger partial charge >= 0.3 is 0 Å². The number of hydrogen-bond donors (Lipinski definition) is 1. The van der Waals surface area contributed by atoms with Gasteiger partial charge < -0.3 is 10.2 Å². The largest absolute Gasteiger partial charge is 0.354 e. The summed E-state index contributed by atoms with van der Waals surface area (Å²) in [7, 11) is 3.84. The smallest absolute Gasteiger partial charge is 0.225 e. The summed E-state index contributed by atoms with van der Waals surface area (Å²) < 4.78 is 13.6. The predicted molar refractivity (Wildman–Crippen MR) is 117 cm³/mol. The maximum atomic E-state index is 13.6. The van der Waals surface area contributed by atoms with Crippen LogP contribution in [0.25, 0.3) is 11.3 Å². The third-order valence-corrected chi connectivity index (χ3v) is 5.77. The van der Waals surface area contributed by atoms with E-state index in [1.54, 1.807) is 17.4 Å². The molecule has 1 aromatic heterocycles. The summed E-state index contributed by atoms with van der Waals surface area (Å²) in [6.07, 6.45) is 0.276. The van der Waals surface area contributed by atoms with E-state index in [-0.39, 0.29) is 24.2 Å². The zero-order chi connectivity index (χ0) is 21.0. The summed E-state index contributed by atoms with van der Waals surface area (Å²) in [4.78, 5) is 20.2. The number of nitrogens with one attached hydrogen (secondary N) is 1. The van der Waals surface area contributed by atoms with Gasteiger partial charge in [0.15, 0.2) is 0 Å². The van der Waals surface area contributed by atoms with Crippen LogP contribution in [0.4, 0.5) is 4.39 Å². The van der Waals surface area contributed by atoms with E-state index in [2.05, 4.69) is 22.4 Å². The third-order valence-electron chi connectivity index (χ3n) is 4.80. The Kier molecular flexibility index (Phi) is 6.77. The molecule has 0 saturated carbocycles. The van der Waals surface area contributed by atoms with Crippen molar-refractivity contribution in [2.24, 2.45) is 0 Å². The van der Waals surface area contributed by atoms with Gasteiger partial charge in [-0.3, -0.25) is 4.79 Å². The van der Waals surface area contributed by atoms with Crippen LogP contribution in [0.2, 0.25) is 0 Å². The fourth-order valence-corrected chi connectivity index (χ4v) is 4.21. The molecule has 0 spiro atoms. The molecule has 3 rings (SSSR count). The molecule has 2 aromatic carbocycles. The van der Waals surface area contributed by atoms with Gasteiger partial charge in [-0.2, -0.15) is 0 Å². The Labute approximate surface area is 175 Å². The standard InChI is InChI=1S/C23H26FN3OS/c1-15-8-10-17(11-9-15)23-21(29-16(2)26-23)13-22(28)25-14-20(27(3)4)18-6-5-7-19(24)12-18/h5-12,20H,13-14H2,1-4H3,(H,25,28). The lowest BCUT2D eigenvalue weighted by atomic mass is 10.1. The van der Waals surface area contributed by atoms with Gasteiger partial charge in [-0.25, -0.2) is 9.37 Å². The molecule has 1 heterocycles. The monoisotopic (exact) mass is 411 g/mol. The fourth-order valence-electron chi connectivity index (χ4n) is 3.26. The molecule has 6 heteroatoms. The minimum atomic E-state index is -0.274. The number of amides is 1. The van der Waals surface area contributed by atoms with Crippen LogP contribution in [0.3, 0.4) is 0 Å². The lowest BCUT2D eigenvalue weighted by Crippen LogP contribution is -2.35. The maximum absolute atomic E-state index is 13.6. The average molecular weight is 412 g/mol. The first-order valence-electron chi connectivity index (χ1n) is 9.55. The van der Waals surface area contributed by atoms with E-state index in [0.717, 1.165) is 26.7 Å². The first-order valence-corrected chi connectivity index (χ1v) is 10.4. The molecule has 3 aromatic rings. The normalized spacial score (nSPS) is 12.2. The molecule has 0 fully saturated rings. The van der Waals surface area contributed by atoms with Crippen LogP contribution in [0.5, 0.6) is 0 Å². The number of thiazole rings is 1. The van der Waals surface area contributed by atoms with Crippen molar-refractivity contribution >= 4 is 17.2 Å². The van der Waals surface area contributed by atoms with Crippen LogP contribution in [0, 0.1) is 19.7 Å². The van der Waals surface area contributed by atoms with E-state index >= 15 is 0 Å². The van der Waals surface area contributed by atoms with E-state index < -0.39 is 0 Å². The molecule has 152 valence electrons. The number of carbonyl (C=O) groups excluding carboxylic acids is 1. The molecule has 1 N–H and O–H groups in total. The molecule has 0 aliphatic heterocycles. The molecule has 1 unspecified atom stereocenters. The number of aromatic nitrogens is 1. The van der Waals surface area contributed by atoms with Gasteiger partial charge in [-0.1, -0.05) is 42.0 Å². The van der Waals surface area contributed by atoms with Crippen LogP contribution in [0.1, 0.15) is 27.1 Å². The molecule has 0 aliphatic rings. The van der Waals surface area contributed by atoms with E-state index in [4.69, 9.17) is 0 Å². The Bertz CT molecular complexity index is 982. The van der Waals surface area contributed by atoms with Gasteiger partial charge in [-0.05, 0) is 45.6 Å². The van der Waals surface area contributed by atoms with Gasteiger partial charge in [0, 0.05) is 17.0 Å². The van der Waals surface area contributed by atoms with Gasteiger partial charge in [0.05, 0.1) is 23.2 Å². The summed E-state index contributed by atoms with van der Waals surface area (Å²) in [5.74, 6) is -0.339. The van der Waals surface area contributed by atoms with E-state index in [0.29, 0.717) is 6.54 Å². The second-order valence-corrected chi connectivity index (χ2v) is 8.67. The van der Waals surface area contributed by atoms with E-state index in [9.17, 15) is 9.18 Å². The zero-order valence-electron chi connectivity index (χ0n) is 17.2. The molecular weight excluding hydrogens is 385 g/mol. The maximum Gasteiger partial charge on any atom is 0.225 e. The lowest BCUT2D eigenvalue weighted by molar-refractivity contribution is -0.120. The van der Waals surface area contributed by atoms with Crippen molar-refractivity contribution in [3.63, 3.8) is 0 Å². The Balaban J connectivity index is 1.70. The van der Waals surface area contributed by atoms with E-state index in [1.165, 1.54) is 17.7 Å². The molecule has 1 atom stereocenters. The summed E-state index contributed by atoms with van der Waals surface area (Å²) in [5.41, 5.74) is 3.92. The number of nitrogens with zero attached hydrogens (tertiary/aromatic N) is 2. The van der Waals surface area contributed by atoms with Crippen molar-refractivity contribution in [3.8, 4) is 11.3 Å². The van der Waals surface area contributed by atoms with Crippen LogP contribution < -0.4 is 5.32 Å². The Morgan fingerprint density at radius 1 is 1.17 bits per heavy atom. The Morgan fingerprint density at radius 3 is 2.55 bits per heavy atom. The number of benzene rings is 2. The number of hydrogen-bond acceptors (Lipinski definition) is 4. The van der Waals surface area contributed by atoms with E-state index in [1.807, 2.05) is 51.0 Å². The number of likely N-dealkylation sites (N-methyl/N-ethyl adjacent to an activating group) is 1. The minimum absolute atomic E-state index is 0.0646. The van der Waals surface area contributed by atoms with Crippen LogP contribution in [0.15, 0.2) is 48.5 Å².